The van der Waals surface area contributed by atoms with Gasteiger partial charge in [-0.05, 0) is 17.7 Å². The van der Waals surface area contributed by atoms with Gasteiger partial charge in [0.2, 0.25) is 0 Å². The number of fused-ring (bicyclic) bond motifs is 1. The highest BCUT2D eigenvalue weighted by Crippen LogP contribution is 2.29. The number of hydrogen-bond acceptors (Lipinski definition) is 2. The van der Waals surface area contributed by atoms with Gasteiger partial charge in [-0.25, -0.2) is 0 Å². The molecular formula is C10H8BrNO3. The second-order valence-electron chi connectivity index (χ2n) is 3.36. The van der Waals surface area contributed by atoms with Crippen molar-refractivity contribution in [2.24, 2.45) is 0 Å². The van der Waals surface area contributed by atoms with Crippen LogP contribution >= 0.6 is 15.9 Å². The summed E-state index contributed by atoms with van der Waals surface area (Å²) in [5.74, 6) is -1.13. The minimum Gasteiger partial charge on any atom is -0.481 e. The van der Waals surface area contributed by atoms with E-state index < -0.39 is 12.0 Å². The summed E-state index contributed by atoms with van der Waals surface area (Å²) in [6.45, 7) is 0. The lowest BCUT2D eigenvalue weighted by atomic mass is 10.0. The normalized spacial score (nSPS) is 18.5. The van der Waals surface area contributed by atoms with Crippen LogP contribution in [-0.4, -0.2) is 17.0 Å². The first-order chi connectivity index (χ1) is 7.08. The van der Waals surface area contributed by atoms with Crippen LogP contribution in [0.25, 0.3) is 0 Å². The molecule has 0 radical (unpaired) electrons. The van der Waals surface area contributed by atoms with Gasteiger partial charge in [0.05, 0.1) is 12.5 Å². The molecule has 1 aliphatic heterocycles. The van der Waals surface area contributed by atoms with Gasteiger partial charge in [-0.2, -0.15) is 0 Å². The molecule has 0 saturated heterocycles. The van der Waals surface area contributed by atoms with Gasteiger partial charge in [-0.3, -0.25) is 9.59 Å². The quantitative estimate of drug-likeness (QED) is 0.859. The fourth-order valence-corrected chi connectivity index (χ4v) is 2.04. The second-order valence-corrected chi connectivity index (χ2v) is 4.27. The van der Waals surface area contributed by atoms with Crippen molar-refractivity contribution in [3.05, 3.63) is 33.8 Å². The Kier molecular flexibility index (Phi) is 2.48. The zero-order chi connectivity index (χ0) is 11.0. The molecule has 0 fully saturated rings. The van der Waals surface area contributed by atoms with Crippen LogP contribution in [0.5, 0.6) is 0 Å². The van der Waals surface area contributed by atoms with E-state index in [2.05, 4.69) is 21.2 Å². The Morgan fingerprint density at radius 2 is 2.27 bits per heavy atom. The molecule has 0 aliphatic carbocycles. The van der Waals surface area contributed by atoms with E-state index >= 15 is 0 Å². The van der Waals surface area contributed by atoms with E-state index in [0.717, 1.165) is 10.0 Å². The summed E-state index contributed by atoms with van der Waals surface area (Å²) >= 11 is 3.27. The highest BCUT2D eigenvalue weighted by Gasteiger charge is 2.29. The van der Waals surface area contributed by atoms with Gasteiger partial charge in [0.15, 0.2) is 0 Å². The summed E-state index contributed by atoms with van der Waals surface area (Å²) in [5.41, 5.74) is 1.31. The van der Waals surface area contributed by atoms with Gasteiger partial charge in [-0.15, -0.1) is 0 Å². The van der Waals surface area contributed by atoms with Crippen LogP contribution < -0.4 is 5.32 Å². The van der Waals surface area contributed by atoms with Gasteiger partial charge in [-0.1, -0.05) is 22.0 Å². The molecular weight excluding hydrogens is 262 g/mol. The Bertz CT molecular complexity index is 444. The number of carbonyl (C=O) groups is 2. The van der Waals surface area contributed by atoms with Crippen molar-refractivity contribution in [3.8, 4) is 0 Å². The Balaban J connectivity index is 2.38. The Labute approximate surface area is 94.4 Å². The van der Waals surface area contributed by atoms with Gasteiger partial charge in [0.1, 0.15) is 0 Å². The number of amides is 1. The number of rotatable bonds is 2. The fourth-order valence-electron chi connectivity index (χ4n) is 1.68. The molecule has 1 aliphatic rings. The minimum absolute atomic E-state index is 0.0830. The second kappa shape index (κ2) is 3.66. The van der Waals surface area contributed by atoms with Crippen LogP contribution in [0.1, 0.15) is 28.4 Å². The monoisotopic (exact) mass is 269 g/mol. The zero-order valence-electron chi connectivity index (χ0n) is 7.66. The molecule has 1 amide bonds. The molecule has 0 aromatic heterocycles. The molecule has 1 atom stereocenters. The molecule has 2 N–H and O–H groups in total. The molecule has 0 bridgehead atoms. The van der Waals surface area contributed by atoms with E-state index in [1.165, 1.54) is 0 Å². The summed E-state index contributed by atoms with van der Waals surface area (Å²) in [5, 5.41) is 11.3. The third-order valence-electron chi connectivity index (χ3n) is 2.32. The first-order valence-corrected chi connectivity index (χ1v) is 5.19. The number of hydrogen-bond donors (Lipinski definition) is 2. The summed E-state index contributed by atoms with van der Waals surface area (Å²) in [4.78, 5) is 22.1. The van der Waals surface area contributed by atoms with E-state index in [-0.39, 0.29) is 12.3 Å². The summed E-state index contributed by atoms with van der Waals surface area (Å²) in [6.07, 6.45) is -0.0830. The molecule has 1 aromatic carbocycles. The number of aliphatic carboxylic acids is 1. The Morgan fingerprint density at radius 1 is 1.53 bits per heavy atom. The maximum absolute atomic E-state index is 11.5. The van der Waals surface area contributed by atoms with Gasteiger partial charge in [0.25, 0.3) is 5.91 Å². The van der Waals surface area contributed by atoms with Crippen LogP contribution in [0.15, 0.2) is 22.7 Å². The first-order valence-electron chi connectivity index (χ1n) is 4.40. The third kappa shape index (κ3) is 1.87. The Hall–Kier alpha value is -1.36. The number of halogens is 1. The lowest BCUT2D eigenvalue weighted by molar-refractivity contribution is -0.137. The van der Waals surface area contributed by atoms with E-state index in [9.17, 15) is 9.59 Å². The molecule has 1 aromatic rings. The lowest BCUT2D eigenvalue weighted by Gasteiger charge is -2.07. The van der Waals surface area contributed by atoms with E-state index in [1.54, 1.807) is 18.2 Å². The molecule has 2 rings (SSSR count). The molecule has 5 heteroatoms. The standard InChI is InChI=1S/C10H8BrNO3/c11-5-1-2-6-7(3-5)10(15)12-8(6)4-9(13)14/h1-3,8H,4H2,(H,12,15)(H,13,14). The van der Waals surface area contributed by atoms with E-state index in [0.29, 0.717) is 5.56 Å². The number of carbonyl (C=O) groups excluding carboxylic acids is 1. The van der Waals surface area contributed by atoms with Crippen LogP contribution in [0.2, 0.25) is 0 Å². The number of carboxylic acid groups (broad SMARTS) is 1. The van der Waals surface area contributed by atoms with Crippen LogP contribution in [0.4, 0.5) is 0 Å². The van der Waals surface area contributed by atoms with Gasteiger partial charge >= 0.3 is 5.97 Å². The van der Waals surface area contributed by atoms with Crippen molar-refractivity contribution in [2.75, 3.05) is 0 Å². The molecule has 4 nitrogen and oxygen atoms in total. The molecule has 1 heterocycles. The maximum Gasteiger partial charge on any atom is 0.305 e. The van der Waals surface area contributed by atoms with Crippen molar-refractivity contribution in [1.82, 2.24) is 5.32 Å². The van der Waals surface area contributed by atoms with Crippen molar-refractivity contribution < 1.29 is 14.7 Å². The average molecular weight is 270 g/mol. The third-order valence-corrected chi connectivity index (χ3v) is 2.81. The number of carboxylic acids is 1. The highest BCUT2D eigenvalue weighted by molar-refractivity contribution is 9.10. The summed E-state index contributed by atoms with van der Waals surface area (Å²) in [7, 11) is 0. The highest BCUT2D eigenvalue weighted by atomic mass is 79.9. The van der Waals surface area contributed by atoms with Gasteiger partial charge in [0, 0.05) is 10.0 Å². The first kappa shape index (κ1) is 10.2. The van der Waals surface area contributed by atoms with E-state index in [1.807, 2.05) is 0 Å². The van der Waals surface area contributed by atoms with Crippen molar-refractivity contribution in [1.29, 1.82) is 0 Å². The number of benzene rings is 1. The van der Waals surface area contributed by atoms with Gasteiger partial charge < -0.3 is 10.4 Å². The zero-order valence-corrected chi connectivity index (χ0v) is 9.24. The predicted molar refractivity (Wildman–Crippen MR) is 56.6 cm³/mol. The molecule has 1 unspecified atom stereocenters. The minimum atomic E-state index is -0.920. The summed E-state index contributed by atoms with van der Waals surface area (Å²) < 4.78 is 0.812. The predicted octanol–water partition coefficient (Wildman–Crippen LogP) is 1.71. The van der Waals surface area contributed by atoms with Crippen molar-refractivity contribution >= 4 is 27.8 Å². The number of nitrogens with one attached hydrogen (secondary N) is 1. The smallest absolute Gasteiger partial charge is 0.305 e. The van der Waals surface area contributed by atoms with E-state index in [4.69, 9.17) is 5.11 Å². The lowest BCUT2D eigenvalue weighted by Crippen LogP contribution is -2.21. The summed E-state index contributed by atoms with van der Waals surface area (Å²) in [6, 6.07) is 4.86. The largest absolute Gasteiger partial charge is 0.481 e. The topological polar surface area (TPSA) is 66.4 Å². The Morgan fingerprint density at radius 3 is 2.93 bits per heavy atom. The maximum atomic E-state index is 11.5. The molecule has 78 valence electrons. The van der Waals surface area contributed by atoms with Crippen LogP contribution in [-0.2, 0) is 4.79 Å². The van der Waals surface area contributed by atoms with Crippen molar-refractivity contribution in [3.63, 3.8) is 0 Å². The fraction of sp³-hybridized carbons (Fsp3) is 0.200. The van der Waals surface area contributed by atoms with Crippen LogP contribution in [0, 0.1) is 0 Å². The molecule has 0 saturated carbocycles. The molecule has 15 heavy (non-hydrogen) atoms. The average Bonchev–Trinajstić information content (AvgIpc) is 2.42. The SMILES string of the molecule is O=C(O)CC1NC(=O)c2cc(Br)ccc21. The van der Waals surface area contributed by atoms with Crippen molar-refractivity contribution in [2.45, 2.75) is 12.5 Å². The molecule has 0 spiro atoms. The van der Waals surface area contributed by atoms with Crippen LogP contribution in [0.3, 0.4) is 0 Å².